The third-order valence-corrected chi connectivity index (χ3v) is 2.94. The van der Waals surface area contributed by atoms with E-state index in [1.165, 1.54) is 11.7 Å². The lowest BCUT2D eigenvalue weighted by Crippen LogP contribution is -2.26. The van der Waals surface area contributed by atoms with Crippen molar-refractivity contribution in [2.45, 2.75) is 0 Å². The predicted octanol–water partition coefficient (Wildman–Crippen LogP) is 1.95. The number of hydrogen-bond acceptors (Lipinski definition) is 4. The van der Waals surface area contributed by atoms with Gasteiger partial charge in [-0.3, -0.25) is 0 Å². The minimum atomic E-state index is 0.678. The molecular weight excluding hydrogens is 228 g/mol. The maximum Gasteiger partial charge on any atom is 0.172 e. The molecule has 1 aromatic heterocycles. The summed E-state index contributed by atoms with van der Waals surface area (Å²) in [6.07, 6.45) is 0. The van der Waals surface area contributed by atoms with Crippen LogP contribution < -0.4 is 5.32 Å². The molecule has 15 heavy (non-hydrogen) atoms. The van der Waals surface area contributed by atoms with Crippen LogP contribution in [0.1, 0.15) is 0 Å². The van der Waals surface area contributed by atoms with Gasteiger partial charge in [0, 0.05) is 19.8 Å². The van der Waals surface area contributed by atoms with E-state index in [2.05, 4.69) is 14.1 Å². The molecule has 1 N–H and O–H groups in total. The van der Waals surface area contributed by atoms with Crippen LogP contribution in [0, 0.1) is 0 Å². The van der Waals surface area contributed by atoms with Gasteiger partial charge in [-0.05, 0) is 30.4 Å². The number of rotatable bonds is 1. The van der Waals surface area contributed by atoms with Gasteiger partial charge in [0.25, 0.3) is 0 Å². The van der Waals surface area contributed by atoms with Crippen molar-refractivity contribution in [3.63, 3.8) is 0 Å². The van der Waals surface area contributed by atoms with E-state index in [4.69, 9.17) is 12.2 Å². The molecule has 4 nitrogen and oxygen atoms in total. The number of benzene rings is 1. The summed E-state index contributed by atoms with van der Waals surface area (Å²) in [5, 5.41) is 3.80. The molecule has 0 amide bonds. The summed E-state index contributed by atoms with van der Waals surface area (Å²) in [7, 11) is 3.80. The summed E-state index contributed by atoms with van der Waals surface area (Å²) in [6.45, 7) is 0. The molecular formula is C9H10N4S2. The fraction of sp³-hybridized carbons (Fsp3) is 0.222. The van der Waals surface area contributed by atoms with Crippen molar-refractivity contribution in [3.05, 3.63) is 18.2 Å². The quantitative estimate of drug-likeness (QED) is 0.769. The monoisotopic (exact) mass is 238 g/mol. The van der Waals surface area contributed by atoms with Crippen LogP contribution in [-0.2, 0) is 0 Å². The summed E-state index contributed by atoms with van der Waals surface area (Å²) in [4.78, 5) is 1.85. The Hall–Kier alpha value is -1.27. The lowest BCUT2D eigenvalue weighted by molar-refractivity contribution is 0.634. The van der Waals surface area contributed by atoms with Gasteiger partial charge in [-0.2, -0.15) is 8.75 Å². The molecule has 0 saturated carbocycles. The van der Waals surface area contributed by atoms with Crippen LogP contribution in [0.15, 0.2) is 18.2 Å². The molecule has 1 aromatic carbocycles. The summed E-state index contributed by atoms with van der Waals surface area (Å²) >= 11 is 6.36. The first-order chi connectivity index (χ1) is 7.16. The molecule has 6 heteroatoms. The first kappa shape index (κ1) is 10.3. The van der Waals surface area contributed by atoms with Crippen LogP contribution in [0.2, 0.25) is 0 Å². The van der Waals surface area contributed by atoms with E-state index in [1.54, 1.807) is 0 Å². The summed E-state index contributed by atoms with van der Waals surface area (Å²) in [5.41, 5.74) is 2.75. The molecule has 0 aliphatic rings. The fourth-order valence-electron chi connectivity index (χ4n) is 1.10. The van der Waals surface area contributed by atoms with Crippen molar-refractivity contribution in [2.24, 2.45) is 0 Å². The molecule has 0 aliphatic carbocycles. The lowest BCUT2D eigenvalue weighted by atomic mass is 10.3. The SMILES string of the molecule is CN(C)C(=S)Nc1ccc2nsnc2c1. The fourth-order valence-corrected chi connectivity index (χ4v) is 1.73. The number of nitrogens with zero attached hydrogens (tertiary/aromatic N) is 3. The van der Waals surface area contributed by atoms with Crippen LogP contribution in [0.4, 0.5) is 5.69 Å². The lowest BCUT2D eigenvalue weighted by Gasteiger charge is -2.15. The molecule has 0 bridgehead atoms. The highest BCUT2D eigenvalue weighted by atomic mass is 32.1. The van der Waals surface area contributed by atoms with Crippen molar-refractivity contribution in [3.8, 4) is 0 Å². The number of nitrogens with one attached hydrogen (secondary N) is 1. The standard InChI is InChI=1S/C9H10N4S2/c1-13(2)9(14)10-6-3-4-7-8(5-6)12-15-11-7/h3-5H,1-2H3,(H,10,14). The van der Waals surface area contributed by atoms with Gasteiger partial charge in [0.1, 0.15) is 11.0 Å². The van der Waals surface area contributed by atoms with Gasteiger partial charge in [0.15, 0.2) is 5.11 Å². The number of hydrogen-bond donors (Lipinski definition) is 1. The van der Waals surface area contributed by atoms with E-state index < -0.39 is 0 Å². The molecule has 2 aromatic rings. The van der Waals surface area contributed by atoms with Gasteiger partial charge in [-0.25, -0.2) is 0 Å². The maximum atomic E-state index is 5.14. The largest absolute Gasteiger partial charge is 0.355 e. The second-order valence-electron chi connectivity index (χ2n) is 3.29. The molecule has 0 atom stereocenters. The highest BCUT2D eigenvalue weighted by Crippen LogP contribution is 2.17. The van der Waals surface area contributed by atoms with Gasteiger partial charge in [0.05, 0.1) is 11.7 Å². The Morgan fingerprint density at radius 3 is 2.80 bits per heavy atom. The van der Waals surface area contributed by atoms with Crippen molar-refractivity contribution in [1.29, 1.82) is 0 Å². The minimum Gasteiger partial charge on any atom is -0.355 e. The van der Waals surface area contributed by atoms with Gasteiger partial charge < -0.3 is 10.2 Å². The topological polar surface area (TPSA) is 41.0 Å². The zero-order valence-electron chi connectivity index (χ0n) is 8.39. The smallest absolute Gasteiger partial charge is 0.172 e. The first-order valence-electron chi connectivity index (χ1n) is 4.37. The number of anilines is 1. The predicted molar refractivity (Wildman–Crippen MR) is 67.3 cm³/mol. The van der Waals surface area contributed by atoms with Crippen LogP contribution in [0.25, 0.3) is 11.0 Å². The highest BCUT2D eigenvalue weighted by Gasteiger charge is 2.02. The Morgan fingerprint density at radius 1 is 1.33 bits per heavy atom. The average Bonchev–Trinajstić information content (AvgIpc) is 2.64. The van der Waals surface area contributed by atoms with E-state index in [-0.39, 0.29) is 0 Å². The van der Waals surface area contributed by atoms with E-state index in [0.717, 1.165) is 16.7 Å². The van der Waals surface area contributed by atoms with Crippen molar-refractivity contribution >= 4 is 45.8 Å². The van der Waals surface area contributed by atoms with Crippen LogP contribution >= 0.6 is 23.9 Å². The Balaban J connectivity index is 2.25. The second-order valence-corrected chi connectivity index (χ2v) is 4.21. The molecule has 0 aliphatic heterocycles. The van der Waals surface area contributed by atoms with E-state index in [1.807, 2.05) is 37.2 Å². The Morgan fingerprint density at radius 2 is 2.07 bits per heavy atom. The number of thiocarbonyl (C=S) groups is 1. The van der Waals surface area contributed by atoms with Gasteiger partial charge >= 0.3 is 0 Å². The third-order valence-electron chi connectivity index (χ3n) is 1.91. The van der Waals surface area contributed by atoms with Crippen LogP contribution in [0.3, 0.4) is 0 Å². The van der Waals surface area contributed by atoms with Gasteiger partial charge in [0.2, 0.25) is 0 Å². The van der Waals surface area contributed by atoms with E-state index in [9.17, 15) is 0 Å². The molecule has 0 saturated heterocycles. The maximum absolute atomic E-state index is 5.14. The van der Waals surface area contributed by atoms with E-state index >= 15 is 0 Å². The molecule has 1 heterocycles. The van der Waals surface area contributed by atoms with Gasteiger partial charge in [-0.1, -0.05) is 0 Å². The molecule has 0 unspecified atom stereocenters. The van der Waals surface area contributed by atoms with Crippen LogP contribution in [0.5, 0.6) is 0 Å². The number of fused-ring (bicyclic) bond motifs is 1. The Kier molecular flexibility index (Phi) is 2.79. The zero-order chi connectivity index (χ0) is 10.8. The molecule has 0 spiro atoms. The first-order valence-corrected chi connectivity index (χ1v) is 5.51. The normalized spacial score (nSPS) is 10.3. The Labute approximate surface area is 97.2 Å². The minimum absolute atomic E-state index is 0.678. The highest BCUT2D eigenvalue weighted by molar-refractivity contribution is 7.80. The zero-order valence-corrected chi connectivity index (χ0v) is 10.0. The van der Waals surface area contributed by atoms with Gasteiger partial charge in [-0.15, -0.1) is 0 Å². The summed E-state index contributed by atoms with van der Waals surface area (Å²) < 4.78 is 8.30. The molecule has 2 rings (SSSR count). The van der Waals surface area contributed by atoms with Crippen molar-refractivity contribution in [2.75, 3.05) is 19.4 Å². The summed E-state index contributed by atoms with van der Waals surface area (Å²) in [5.74, 6) is 0. The van der Waals surface area contributed by atoms with Crippen molar-refractivity contribution < 1.29 is 0 Å². The third kappa shape index (κ3) is 2.21. The molecule has 0 fully saturated rings. The summed E-state index contributed by atoms with van der Waals surface area (Å²) in [6, 6.07) is 5.81. The Bertz CT molecular complexity index is 492. The average molecular weight is 238 g/mol. The number of aromatic nitrogens is 2. The van der Waals surface area contributed by atoms with Crippen molar-refractivity contribution in [1.82, 2.24) is 13.6 Å². The second kappa shape index (κ2) is 4.08. The molecule has 0 radical (unpaired) electrons. The molecule has 78 valence electrons. The van der Waals surface area contributed by atoms with E-state index in [0.29, 0.717) is 5.11 Å². The van der Waals surface area contributed by atoms with Crippen LogP contribution in [-0.4, -0.2) is 32.9 Å².